The van der Waals surface area contributed by atoms with Crippen LogP contribution in [0.15, 0.2) is 30.3 Å². The van der Waals surface area contributed by atoms with Crippen LogP contribution >= 0.6 is 0 Å². The zero-order valence-electron chi connectivity index (χ0n) is 34.9. The number of amides is 5. The number of methoxy groups -OCH3 is 2. The maximum absolute atomic E-state index is 14.2. The lowest BCUT2D eigenvalue weighted by atomic mass is 9.89. The maximum atomic E-state index is 14.2. The summed E-state index contributed by atoms with van der Waals surface area (Å²) in [5.41, 5.74) is 0.916. The molecule has 4 N–H and O–H groups in total. The topological polar surface area (TPSA) is 158 Å². The van der Waals surface area contributed by atoms with Crippen molar-refractivity contribution in [2.75, 3.05) is 41.4 Å². The summed E-state index contributed by atoms with van der Waals surface area (Å²) < 4.78 is 12.0. The molecule has 0 spiro atoms. The molecule has 1 fully saturated rings. The van der Waals surface area contributed by atoms with E-state index in [1.54, 1.807) is 38.0 Å². The molecule has 0 saturated carbocycles. The minimum atomic E-state index is -0.779. The fourth-order valence-electron chi connectivity index (χ4n) is 7.67. The summed E-state index contributed by atoms with van der Waals surface area (Å²) in [5, 5.41) is 11.8. The van der Waals surface area contributed by atoms with Gasteiger partial charge in [0, 0.05) is 41.3 Å². The molecule has 1 heterocycles. The molecule has 54 heavy (non-hydrogen) atoms. The van der Waals surface area contributed by atoms with E-state index in [4.69, 9.17) is 9.47 Å². The first kappa shape index (κ1) is 46.6. The molecule has 1 aliphatic rings. The van der Waals surface area contributed by atoms with E-state index in [2.05, 4.69) is 21.3 Å². The van der Waals surface area contributed by atoms with E-state index in [-0.39, 0.29) is 59.8 Å². The smallest absolute Gasteiger partial charge is 0.245 e. The second kappa shape index (κ2) is 22.7. The molecule has 0 aliphatic carbocycles. The molecule has 1 aromatic carbocycles. The number of carbonyl (C=O) groups excluding carboxylic acids is 5. The zero-order chi connectivity index (χ0) is 40.7. The highest BCUT2D eigenvalue weighted by atomic mass is 16.5. The average molecular weight is 759 g/mol. The van der Waals surface area contributed by atoms with Crippen LogP contribution in [0.3, 0.4) is 0 Å². The van der Waals surface area contributed by atoms with E-state index in [0.717, 1.165) is 18.4 Å². The summed E-state index contributed by atoms with van der Waals surface area (Å²) in [6, 6.07) is 6.68. The molecule has 13 nitrogen and oxygen atoms in total. The van der Waals surface area contributed by atoms with Gasteiger partial charge in [0.2, 0.25) is 29.5 Å². The van der Waals surface area contributed by atoms with Crippen LogP contribution in [0.25, 0.3) is 0 Å². The minimum Gasteiger partial charge on any atom is -0.379 e. The van der Waals surface area contributed by atoms with Crippen molar-refractivity contribution in [3.05, 3.63) is 35.9 Å². The standard InChI is InChI=1S/C41H70N6O7/c1-13-27(7)36(46(10)41(52)35(26(5)6)45-40(51)34(25(3)4)43-14-2)32(53-11)24-33(48)47-22-18-21-31(47)37(54-12)28(8)38(49)44-30(39(50)42-9)23-29-19-16-15-17-20-29/h15-17,19-20,25-28,30-32,34-37,43H,13-14,18,21-24H2,1-12H3,(H,42,50)(H,44,49)(H,45,51)/t27?,28-,30?,31+,32-,34+,35+,36+,37-/m1/s1. The first-order chi connectivity index (χ1) is 25.6. The lowest BCUT2D eigenvalue weighted by Crippen LogP contribution is -2.60. The van der Waals surface area contributed by atoms with Crippen molar-refractivity contribution >= 4 is 29.5 Å². The van der Waals surface area contributed by atoms with Gasteiger partial charge in [-0.2, -0.15) is 0 Å². The lowest BCUT2D eigenvalue weighted by molar-refractivity contribution is -0.148. The van der Waals surface area contributed by atoms with Gasteiger partial charge in [-0.05, 0) is 42.7 Å². The van der Waals surface area contributed by atoms with Gasteiger partial charge in [0.15, 0.2) is 0 Å². The van der Waals surface area contributed by atoms with Crippen LogP contribution in [0.4, 0.5) is 0 Å². The van der Waals surface area contributed by atoms with E-state index < -0.39 is 42.3 Å². The van der Waals surface area contributed by atoms with Crippen molar-refractivity contribution in [2.24, 2.45) is 23.7 Å². The molecule has 2 unspecified atom stereocenters. The van der Waals surface area contributed by atoms with Crippen molar-refractivity contribution in [1.82, 2.24) is 31.1 Å². The van der Waals surface area contributed by atoms with Gasteiger partial charge in [0.05, 0.1) is 42.7 Å². The third-order valence-corrected chi connectivity index (χ3v) is 11.0. The molecule has 1 aliphatic heterocycles. The summed E-state index contributed by atoms with van der Waals surface area (Å²) in [6.07, 6.45) is 1.21. The molecular formula is C41H70N6O7. The van der Waals surface area contributed by atoms with Crippen LogP contribution in [0.2, 0.25) is 0 Å². The number of nitrogens with one attached hydrogen (secondary N) is 4. The van der Waals surface area contributed by atoms with Crippen molar-refractivity contribution in [1.29, 1.82) is 0 Å². The van der Waals surface area contributed by atoms with Crippen LogP contribution in [0.5, 0.6) is 0 Å². The van der Waals surface area contributed by atoms with Crippen LogP contribution in [0.1, 0.15) is 86.6 Å². The molecule has 5 amide bonds. The van der Waals surface area contributed by atoms with Gasteiger partial charge in [-0.1, -0.05) is 92.1 Å². The number of hydrogen-bond donors (Lipinski definition) is 4. The molecule has 1 saturated heterocycles. The third-order valence-electron chi connectivity index (χ3n) is 11.0. The Kier molecular flexibility index (Phi) is 19.6. The predicted octanol–water partition coefficient (Wildman–Crippen LogP) is 3.16. The zero-order valence-corrected chi connectivity index (χ0v) is 34.9. The summed E-state index contributed by atoms with van der Waals surface area (Å²) in [5.74, 6) is -2.10. The highest BCUT2D eigenvalue weighted by molar-refractivity contribution is 5.90. The predicted molar refractivity (Wildman–Crippen MR) is 211 cm³/mol. The van der Waals surface area contributed by atoms with Gasteiger partial charge >= 0.3 is 0 Å². The summed E-state index contributed by atoms with van der Waals surface area (Å²) in [6.45, 7) is 16.7. The van der Waals surface area contributed by atoms with E-state index >= 15 is 0 Å². The molecule has 0 radical (unpaired) electrons. The van der Waals surface area contributed by atoms with Gasteiger partial charge < -0.3 is 40.5 Å². The van der Waals surface area contributed by atoms with Gasteiger partial charge in [-0.3, -0.25) is 24.0 Å². The number of nitrogens with zero attached hydrogens (tertiary/aromatic N) is 2. The lowest BCUT2D eigenvalue weighted by Gasteiger charge is -2.41. The fourth-order valence-corrected chi connectivity index (χ4v) is 7.67. The minimum absolute atomic E-state index is 0.0149. The Morgan fingerprint density at radius 3 is 2.02 bits per heavy atom. The number of benzene rings is 1. The first-order valence-corrected chi connectivity index (χ1v) is 19.8. The summed E-state index contributed by atoms with van der Waals surface area (Å²) in [4.78, 5) is 71.7. The summed E-state index contributed by atoms with van der Waals surface area (Å²) >= 11 is 0. The fraction of sp³-hybridized carbons (Fsp3) is 0.732. The molecule has 1 aromatic rings. The highest BCUT2D eigenvalue weighted by Gasteiger charge is 2.43. The largest absolute Gasteiger partial charge is 0.379 e. The summed E-state index contributed by atoms with van der Waals surface area (Å²) in [7, 11) is 6.36. The maximum Gasteiger partial charge on any atom is 0.245 e. The highest BCUT2D eigenvalue weighted by Crippen LogP contribution is 2.30. The Labute approximate surface area is 324 Å². The van der Waals surface area contributed by atoms with Gasteiger partial charge in [0.25, 0.3) is 0 Å². The normalized spacial score (nSPS) is 18.9. The Morgan fingerprint density at radius 2 is 1.50 bits per heavy atom. The van der Waals surface area contributed by atoms with Crippen molar-refractivity contribution in [2.45, 2.75) is 130 Å². The van der Waals surface area contributed by atoms with Crippen LogP contribution in [-0.2, 0) is 39.9 Å². The van der Waals surface area contributed by atoms with Crippen LogP contribution in [0, 0.1) is 23.7 Å². The van der Waals surface area contributed by atoms with E-state index in [1.807, 2.05) is 78.8 Å². The molecule has 0 aromatic heterocycles. The quantitative estimate of drug-likeness (QED) is 0.141. The number of likely N-dealkylation sites (tertiary alicyclic amines) is 1. The van der Waals surface area contributed by atoms with Gasteiger partial charge in [0.1, 0.15) is 12.1 Å². The third kappa shape index (κ3) is 12.5. The second-order valence-corrected chi connectivity index (χ2v) is 15.5. The number of hydrogen-bond acceptors (Lipinski definition) is 8. The second-order valence-electron chi connectivity index (χ2n) is 15.5. The molecular weight excluding hydrogens is 688 g/mol. The molecule has 306 valence electrons. The van der Waals surface area contributed by atoms with Crippen molar-refractivity contribution in [3.63, 3.8) is 0 Å². The molecule has 2 rings (SSSR count). The molecule has 9 atom stereocenters. The van der Waals surface area contributed by atoms with Crippen molar-refractivity contribution in [3.8, 4) is 0 Å². The van der Waals surface area contributed by atoms with Crippen molar-refractivity contribution < 1.29 is 33.4 Å². The van der Waals surface area contributed by atoms with Gasteiger partial charge in [-0.15, -0.1) is 0 Å². The van der Waals surface area contributed by atoms with Crippen LogP contribution < -0.4 is 21.3 Å². The number of rotatable bonds is 22. The van der Waals surface area contributed by atoms with E-state index in [0.29, 0.717) is 25.9 Å². The molecule has 0 bridgehead atoms. The number of carbonyl (C=O) groups is 5. The average Bonchev–Trinajstić information content (AvgIpc) is 3.64. The Balaban J connectivity index is 2.28. The Bertz CT molecular complexity index is 1340. The first-order valence-electron chi connectivity index (χ1n) is 19.8. The number of likely N-dealkylation sites (N-methyl/N-ethyl adjacent to an activating group) is 3. The molecule has 13 heteroatoms. The Morgan fingerprint density at radius 1 is 0.870 bits per heavy atom. The SMILES string of the molecule is CCN[C@H](C(=O)N[C@H](C(=O)N(C)[C@@H](C(C)CC)[C@@H](CC(=O)N1CCC[C@H]1[C@H](OC)[C@@H](C)C(=O)NC(Cc1ccccc1)C(=O)NC)OC)C(C)C)C(C)C. The van der Waals surface area contributed by atoms with Gasteiger partial charge in [-0.25, -0.2) is 0 Å². The van der Waals surface area contributed by atoms with Crippen LogP contribution in [-0.4, -0.2) is 123 Å². The number of ether oxygens (including phenoxy) is 2. The van der Waals surface area contributed by atoms with E-state index in [1.165, 1.54) is 7.05 Å². The monoisotopic (exact) mass is 759 g/mol. The van der Waals surface area contributed by atoms with E-state index in [9.17, 15) is 24.0 Å². The Hall–Kier alpha value is -3.55.